The van der Waals surface area contributed by atoms with Crippen LogP contribution in [0.1, 0.15) is 23.1 Å². The summed E-state index contributed by atoms with van der Waals surface area (Å²) in [6.45, 7) is 2.58. The van der Waals surface area contributed by atoms with Crippen LogP contribution in [0.5, 0.6) is 5.75 Å². The van der Waals surface area contributed by atoms with Crippen LogP contribution in [0.2, 0.25) is 0 Å². The molecule has 0 saturated heterocycles. The first-order chi connectivity index (χ1) is 7.77. The normalized spacial score (nSPS) is 18.6. The summed E-state index contributed by atoms with van der Waals surface area (Å²) in [5, 5.41) is 0. The van der Waals surface area contributed by atoms with E-state index in [4.69, 9.17) is 18.9 Å². The summed E-state index contributed by atoms with van der Waals surface area (Å²) in [6.07, 6.45) is 1.42. The van der Waals surface area contributed by atoms with E-state index in [1.807, 2.05) is 6.92 Å². The maximum atomic E-state index is 5.52. The number of hydrogen-bond donors (Lipinski definition) is 0. The lowest BCUT2D eigenvalue weighted by molar-refractivity contribution is -0.119. The van der Waals surface area contributed by atoms with E-state index in [0.29, 0.717) is 12.4 Å². The number of hydrogen-bond acceptors (Lipinski definition) is 5. The van der Waals surface area contributed by atoms with Gasteiger partial charge in [0.05, 0.1) is 17.9 Å². The highest BCUT2D eigenvalue weighted by Crippen LogP contribution is 2.38. The van der Waals surface area contributed by atoms with Gasteiger partial charge in [-0.25, -0.2) is 0 Å². The van der Waals surface area contributed by atoms with Crippen molar-refractivity contribution in [2.75, 3.05) is 21.0 Å². The van der Waals surface area contributed by atoms with E-state index in [1.54, 1.807) is 20.4 Å². The smallest absolute Gasteiger partial charge is 0.188 e. The minimum atomic E-state index is -0.372. The van der Waals surface area contributed by atoms with Gasteiger partial charge in [-0.05, 0) is 6.92 Å². The van der Waals surface area contributed by atoms with Crippen molar-refractivity contribution in [2.24, 2.45) is 0 Å². The van der Waals surface area contributed by atoms with Crippen LogP contribution in [0, 0.1) is 6.92 Å². The maximum Gasteiger partial charge on any atom is 0.188 e. The summed E-state index contributed by atoms with van der Waals surface area (Å²) in [5.74, 6) is 0.698. The van der Waals surface area contributed by atoms with Gasteiger partial charge in [0.2, 0.25) is 0 Å². The van der Waals surface area contributed by atoms with E-state index in [0.717, 1.165) is 16.8 Å². The molecular weight excluding hydrogens is 210 g/mol. The molecule has 0 N–H and O–H groups in total. The van der Waals surface area contributed by atoms with Crippen LogP contribution in [0.25, 0.3) is 0 Å². The lowest BCUT2D eigenvalue weighted by Gasteiger charge is -2.15. The average molecular weight is 225 g/mol. The van der Waals surface area contributed by atoms with E-state index < -0.39 is 0 Å². The van der Waals surface area contributed by atoms with E-state index in [-0.39, 0.29) is 13.1 Å². The third-order valence-corrected chi connectivity index (χ3v) is 2.49. The van der Waals surface area contributed by atoms with Crippen molar-refractivity contribution in [2.45, 2.75) is 19.8 Å². The minimum Gasteiger partial charge on any atom is -0.465 e. The zero-order valence-corrected chi connectivity index (χ0v) is 9.65. The van der Waals surface area contributed by atoms with Crippen LogP contribution in [0.4, 0.5) is 0 Å². The van der Waals surface area contributed by atoms with Crippen LogP contribution < -0.4 is 4.74 Å². The first-order valence-electron chi connectivity index (χ1n) is 5.02. The highest BCUT2D eigenvalue weighted by molar-refractivity contribution is 5.44. The lowest BCUT2D eigenvalue weighted by Crippen LogP contribution is -2.07. The van der Waals surface area contributed by atoms with Crippen LogP contribution >= 0.6 is 0 Å². The molecule has 0 aromatic carbocycles. The van der Waals surface area contributed by atoms with Crippen LogP contribution in [0.15, 0.2) is 6.20 Å². The molecular formula is C11H15NO4. The summed E-state index contributed by atoms with van der Waals surface area (Å²) in [7, 11) is 3.19. The minimum absolute atomic E-state index is 0.190. The Morgan fingerprint density at radius 1 is 1.50 bits per heavy atom. The van der Waals surface area contributed by atoms with E-state index in [9.17, 15) is 0 Å². The van der Waals surface area contributed by atoms with Crippen LogP contribution in [-0.2, 0) is 20.8 Å². The fourth-order valence-electron chi connectivity index (χ4n) is 1.75. The molecule has 0 amide bonds. The molecule has 1 atom stereocenters. The molecule has 2 heterocycles. The summed E-state index contributed by atoms with van der Waals surface area (Å²) in [4.78, 5) is 4.26. The van der Waals surface area contributed by atoms with Gasteiger partial charge >= 0.3 is 0 Å². The Morgan fingerprint density at radius 3 is 3.00 bits per heavy atom. The van der Waals surface area contributed by atoms with Gasteiger partial charge in [-0.2, -0.15) is 0 Å². The first kappa shape index (κ1) is 11.3. The van der Waals surface area contributed by atoms with Crippen molar-refractivity contribution in [3.05, 3.63) is 23.0 Å². The zero-order chi connectivity index (χ0) is 11.5. The molecule has 16 heavy (non-hydrogen) atoms. The standard InChI is InChI=1S/C11H15NO4/c1-7-10(16-6-13-2)9-8(4-12-7)5-15-11(9)14-3/h4,11H,5-6H2,1-3H3. The number of nitrogens with zero attached hydrogens (tertiary/aromatic N) is 1. The third kappa shape index (κ3) is 1.89. The molecule has 1 aromatic heterocycles. The fraction of sp³-hybridized carbons (Fsp3) is 0.545. The van der Waals surface area contributed by atoms with E-state index in [1.165, 1.54) is 0 Å². The third-order valence-electron chi connectivity index (χ3n) is 2.49. The van der Waals surface area contributed by atoms with Crippen LogP contribution in [0.3, 0.4) is 0 Å². The number of aryl methyl sites for hydroxylation is 1. The molecule has 88 valence electrons. The number of ether oxygens (including phenoxy) is 4. The Bertz CT molecular complexity index is 380. The second-order valence-electron chi connectivity index (χ2n) is 3.54. The van der Waals surface area contributed by atoms with Crippen molar-refractivity contribution in [1.82, 2.24) is 4.98 Å². The van der Waals surface area contributed by atoms with Crippen molar-refractivity contribution in [3.63, 3.8) is 0 Å². The zero-order valence-electron chi connectivity index (χ0n) is 9.65. The second kappa shape index (κ2) is 4.78. The Labute approximate surface area is 94.3 Å². The van der Waals surface area contributed by atoms with Gasteiger partial charge in [-0.3, -0.25) is 4.98 Å². The van der Waals surface area contributed by atoms with E-state index in [2.05, 4.69) is 4.98 Å². The summed E-state index contributed by atoms with van der Waals surface area (Å²) in [5.41, 5.74) is 2.74. The fourth-order valence-corrected chi connectivity index (χ4v) is 1.75. The SMILES string of the molecule is COCOc1c(C)ncc2c1C(OC)OC2. The molecule has 0 fully saturated rings. The topological polar surface area (TPSA) is 49.8 Å². The molecule has 1 aliphatic rings. The predicted molar refractivity (Wildman–Crippen MR) is 56.0 cm³/mol. The Hall–Kier alpha value is -1.17. The van der Waals surface area contributed by atoms with Gasteiger partial charge in [0.15, 0.2) is 18.8 Å². The van der Waals surface area contributed by atoms with Gasteiger partial charge < -0.3 is 18.9 Å². The number of aromatic nitrogens is 1. The monoisotopic (exact) mass is 225 g/mol. The average Bonchev–Trinajstić information content (AvgIpc) is 2.71. The van der Waals surface area contributed by atoms with Gasteiger partial charge in [0, 0.05) is 26.0 Å². The maximum absolute atomic E-state index is 5.52. The highest BCUT2D eigenvalue weighted by atomic mass is 16.7. The first-order valence-corrected chi connectivity index (χ1v) is 5.02. The van der Waals surface area contributed by atoms with Crippen molar-refractivity contribution < 1.29 is 18.9 Å². The number of pyridine rings is 1. The molecule has 0 saturated carbocycles. The molecule has 1 aromatic rings. The lowest BCUT2D eigenvalue weighted by atomic mass is 10.1. The molecule has 0 spiro atoms. The summed E-state index contributed by atoms with van der Waals surface area (Å²) >= 11 is 0. The van der Waals surface area contributed by atoms with Gasteiger partial charge in [0.1, 0.15) is 0 Å². The Balaban J connectivity index is 2.37. The van der Waals surface area contributed by atoms with Crippen molar-refractivity contribution in [1.29, 1.82) is 0 Å². The number of fused-ring (bicyclic) bond motifs is 1. The molecule has 0 aliphatic carbocycles. The molecule has 1 aliphatic heterocycles. The van der Waals surface area contributed by atoms with Gasteiger partial charge in [-0.1, -0.05) is 0 Å². The molecule has 0 radical (unpaired) electrons. The van der Waals surface area contributed by atoms with Gasteiger partial charge in [-0.15, -0.1) is 0 Å². The van der Waals surface area contributed by atoms with Crippen LogP contribution in [-0.4, -0.2) is 26.0 Å². The number of methoxy groups -OCH3 is 2. The van der Waals surface area contributed by atoms with Gasteiger partial charge in [0.25, 0.3) is 0 Å². The highest BCUT2D eigenvalue weighted by Gasteiger charge is 2.28. The molecule has 5 nitrogen and oxygen atoms in total. The van der Waals surface area contributed by atoms with Crippen molar-refractivity contribution >= 4 is 0 Å². The predicted octanol–water partition coefficient (Wildman–Crippen LogP) is 1.55. The molecule has 5 heteroatoms. The Kier molecular flexibility index (Phi) is 3.38. The van der Waals surface area contributed by atoms with Crippen molar-refractivity contribution in [3.8, 4) is 5.75 Å². The number of rotatable bonds is 4. The van der Waals surface area contributed by atoms with E-state index >= 15 is 0 Å². The summed E-state index contributed by atoms with van der Waals surface area (Å²) in [6, 6.07) is 0. The molecule has 0 bridgehead atoms. The largest absolute Gasteiger partial charge is 0.465 e. The second-order valence-corrected chi connectivity index (χ2v) is 3.54. The summed E-state index contributed by atoms with van der Waals surface area (Å²) < 4.78 is 21.1. The quantitative estimate of drug-likeness (QED) is 0.727. The Morgan fingerprint density at radius 2 is 2.31 bits per heavy atom. The molecule has 2 rings (SSSR count). The molecule has 1 unspecified atom stereocenters.